The smallest absolute Gasteiger partial charge is 0.229 e. The van der Waals surface area contributed by atoms with Crippen molar-refractivity contribution in [3.63, 3.8) is 0 Å². The second kappa shape index (κ2) is 7.11. The van der Waals surface area contributed by atoms with Crippen molar-refractivity contribution in [1.82, 2.24) is 9.78 Å². The zero-order valence-corrected chi connectivity index (χ0v) is 15.4. The van der Waals surface area contributed by atoms with Gasteiger partial charge in [0, 0.05) is 28.9 Å². The van der Waals surface area contributed by atoms with Gasteiger partial charge in [-0.15, -0.1) is 12.4 Å². The summed E-state index contributed by atoms with van der Waals surface area (Å²) >= 11 is 0. The Kier molecular flexibility index (Phi) is 5.56. The molecule has 1 saturated carbocycles. The molecule has 24 heavy (non-hydrogen) atoms. The molecule has 2 aromatic rings. The Balaban J connectivity index is 0.00000208. The van der Waals surface area contributed by atoms with Crippen LogP contribution in [-0.4, -0.2) is 21.2 Å². The molecule has 2 unspecified atom stereocenters. The van der Waals surface area contributed by atoms with E-state index in [1.165, 1.54) is 0 Å². The normalized spacial score (nSPS) is 24.0. The third-order valence-electron chi connectivity index (χ3n) is 4.89. The summed E-state index contributed by atoms with van der Waals surface area (Å²) in [5, 5.41) is 8.61. The summed E-state index contributed by atoms with van der Waals surface area (Å²) in [4.78, 5) is 12.6. The number of anilines is 1. The Bertz CT molecular complexity index is 723. The van der Waals surface area contributed by atoms with Gasteiger partial charge < -0.3 is 11.1 Å². The third kappa shape index (κ3) is 3.73. The monoisotopic (exact) mass is 350 g/mol. The molecule has 0 radical (unpaired) electrons. The first-order valence-corrected chi connectivity index (χ1v) is 8.45. The Morgan fingerprint density at radius 3 is 2.83 bits per heavy atom. The number of benzene rings is 1. The fourth-order valence-corrected chi connectivity index (χ4v) is 3.41. The highest BCUT2D eigenvalue weighted by molar-refractivity contribution is 5.95. The van der Waals surface area contributed by atoms with Crippen molar-refractivity contribution in [2.24, 2.45) is 11.7 Å². The van der Waals surface area contributed by atoms with Gasteiger partial charge in [-0.2, -0.15) is 5.10 Å². The highest BCUT2D eigenvalue weighted by Crippen LogP contribution is 2.32. The van der Waals surface area contributed by atoms with Crippen molar-refractivity contribution in [2.75, 3.05) is 5.32 Å². The van der Waals surface area contributed by atoms with Crippen molar-refractivity contribution in [3.8, 4) is 0 Å². The molecule has 5 nitrogen and oxygen atoms in total. The molecule has 0 bridgehead atoms. The number of nitrogens with zero attached hydrogens (tertiary/aromatic N) is 2. The van der Waals surface area contributed by atoms with Gasteiger partial charge in [-0.25, -0.2) is 0 Å². The number of hydrogen-bond donors (Lipinski definition) is 2. The van der Waals surface area contributed by atoms with Crippen molar-refractivity contribution in [3.05, 3.63) is 24.4 Å². The summed E-state index contributed by atoms with van der Waals surface area (Å²) < 4.78 is 1.94. The second-order valence-electron chi connectivity index (χ2n) is 7.27. The lowest BCUT2D eigenvalue weighted by atomic mass is 9.74. The van der Waals surface area contributed by atoms with Crippen molar-refractivity contribution < 1.29 is 4.79 Å². The molecule has 0 aliphatic heterocycles. The first-order chi connectivity index (χ1) is 10.9. The van der Waals surface area contributed by atoms with Crippen LogP contribution in [-0.2, 0) is 4.79 Å². The minimum atomic E-state index is -0.408. The van der Waals surface area contributed by atoms with Gasteiger partial charge in [0.1, 0.15) is 0 Å². The van der Waals surface area contributed by atoms with Crippen LogP contribution in [0.3, 0.4) is 0 Å². The van der Waals surface area contributed by atoms with Crippen LogP contribution in [0.25, 0.3) is 10.9 Å². The highest BCUT2D eigenvalue weighted by Gasteiger charge is 2.37. The topological polar surface area (TPSA) is 72.9 Å². The standard InChI is InChI=1S/C18H26N4O.ClH/c1-12(2)22-11-13-10-14(7-8-16(13)21-22)20-17(23)15-6-4-5-9-18(15,3)19;/h7-8,10-12,15H,4-6,9,19H2,1-3H3,(H,20,23);1H. The van der Waals surface area contributed by atoms with Crippen LogP contribution in [0.15, 0.2) is 24.4 Å². The molecule has 1 aliphatic carbocycles. The summed E-state index contributed by atoms with van der Waals surface area (Å²) in [7, 11) is 0. The number of rotatable bonds is 3. The molecule has 132 valence electrons. The molecule has 3 N–H and O–H groups in total. The van der Waals surface area contributed by atoms with E-state index < -0.39 is 5.54 Å². The van der Waals surface area contributed by atoms with Crippen molar-refractivity contribution in [2.45, 2.75) is 58.0 Å². The largest absolute Gasteiger partial charge is 0.326 e. The van der Waals surface area contributed by atoms with Crippen LogP contribution >= 0.6 is 12.4 Å². The summed E-state index contributed by atoms with van der Waals surface area (Å²) in [5.74, 6) is -0.0874. The SMILES string of the molecule is CC(C)n1cc2cc(NC(=O)C3CCCCC3(C)N)ccc2n1.Cl. The van der Waals surface area contributed by atoms with Gasteiger partial charge in [-0.05, 0) is 51.8 Å². The quantitative estimate of drug-likeness (QED) is 0.882. The van der Waals surface area contributed by atoms with E-state index in [0.717, 1.165) is 42.3 Å². The van der Waals surface area contributed by atoms with Gasteiger partial charge >= 0.3 is 0 Å². The Morgan fingerprint density at radius 2 is 2.17 bits per heavy atom. The highest BCUT2D eigenvalue weighted by atomic mass is 35.5. The van der Waals surface area contributed by atoms with E-state index in [9.17, 15) is 4.79 Å². The molecule has 1 fully saturated rings. The van der Waals surface area contributed by atoms with Gasteiger partial charge in [0.2, 0.25) is 5.91 Å². The van der Waals surface area contributed by atoms with Crippen LogP contribution in [0.1, 0.15) is 52.5 Å². The average Bonchev–Trinajstić information content (AvgIpc) is 2.90. The number of carbonyl (C=O) groups is 1. The Hall–Kier alpha value is -1.59. The zero-order chi connectivity index (χ0) is 16.6. The summed E-state index contributed by atoms with van der Waals surface area (Å²) in [5.41, 5.74) is 7.68. The Morgan fingerprint density at radius 1 is 1.42 bits per heavy atom. The zero-order valence-electron chi connectivity index (χ0n) is 14.6. The summed E-state index contributed by atoms with van der Waals surface area (Å²) in [6.07, 6.45) is 5.98. The van der Waals surface area contributed by atoms with Gasteiger partial charge in [0.05, 0.1) is 11.4 Å². The molecule has 1 aliphatic rings. The van der Waals surface area contributed by atoms with Crippen molar-refractivity contribution >= 4 is 34.9 Å². The van der Waals surface area contributed by atoms with Crippen LogP contribution in [0.2, 0.25) is 0 Å². The Labute approximate surface area is 149 Å². The van der Waals surface area contributed by atoms with E-state index in [1.807, 2.05) is 36.0 Å². The number of fused-ring (bicyclic) bond motifs is 1. The van der Waals surface area contributed by atoms with E-state index in [1.54, 1.807) is 0 Å². The number of carbonyl (C=O) groups excluding carboxylic acids is 1. The molecule has 1 aromatic carbocycles. The minimum absolute atomic E-state index is 0. The maximum atomic E-state index is 12.6. The van der Waals surface area contributed by atoms with Crippen LogP contribution in [0, 0.1) is 5.92 Å². The molecular weight excluding hydrogens is 324 g/mol. The van der Waals surface area contributed by atoms with Gasteiger partial charge in [-0.3, -0.25) is 9.48 Å². The first-order valence-electron chi connectivity index (χ1n) is 8.45. The van der Waals surface area contributed by atoms with Gasteiger partial charge in [-0.1, -0.05) is 12.8 Å². The van der Waals surface area contributed by atoms with E-state index >= 15 is 0 Å². The maximum Gasteiger partial charge on any atom is 0.229 e. The average molecular weight is 351 g/mol. The lowest BCUT2D eigenvalue weighted by Crippen LogP contribution is -2.51. The molecule has 3 rings (SSSR count). The summed E-state index contributed by atoms with van der Waals surface area (Å²) in [6, 6.07) is 6.16. The third-order valence-corrected chi connectivity index (χ3v) is 4.89. The number of nitrogens with one attached hydrogen (secondary N) is 1. The lowest BCUT2D eigenvalue weighted by Gasteiger charge is -2.37. The number of halogens is 1. The van der Waals surface area contributed by atoms with E-state index in [2.05, 4.69) is 24.3 Å². The van der Waals surface area contributed by atoms with E-state index in [-0.39, 0.29) is 24.2 Å². The minimum Gasteiger partial charge on any atom is -0.326 e. The van der Waals surface area contributed by atoms with E-state index in [0.29, 0.717) is 6.04 Å². The number of hydrogen-bond acceptors (Lipinski definition) is 3. The molecule has 2 atom stereocenters. The fourth-order valence-electron chi connectivity index (χ4n) is 3.41. The molecular formula is C18H27ClN4O. The number of nitrogens with two attached hydrogens (primary N) is 1. The van der Waals surface area contributed by atoms with Gasteiger partial charge in [0.15, 0.2) is 0 Å². The predicted octanol–water partition coefficient (Wildman–Crippen LogP) is 3.89. The number of aromatic nitrogens is 2. The second-order valence-corrected chi connectivity index (χ2v) is 7.27. The van der Waals surface area contributed by atoms with Crippen LogP contribution in [0.5, 0.6) is 0 Å². The molecule has 1 heterocycles. The molecule has 6 heteroatoms. The van der Waals surface area contributed by atoms with Crippen LogP contribution < -0.4 is 11.1 Å². The van der Waals surface area contributed by atoms with E-state index in [4.69, 9.17) is 5.73 Å². The van der Waals surface area contributed by atoms with Crippen LogP contribution in [0.4, 0.5) is 5.69 Å². The molecule has 1 aromatic heterocycles. The van der Waals surface area contributed by atoms with Gasteiger partial charge in [0.25, 0.3) is 0 Å². The predicted molar refractivity (Wildman–Crippen MR) is 101 cm³/mol. The fraction of sp³-hybridized carbons (Fsp3) is 0.556. The van der Waals surface area contributed by atoms with Crippen molar-refractivity contribution in [1.29, 1.82) is 0 Å². The molecule has 0 spiro atoms. The molecule has 0 saturated heterocycles. The maximum absolute atomic E-state index is 12.6. The summed E-state index contributed by atoms with van der Waals surface area (Å²) in [6.45, 7) is 6.19. The lowest BCUT2D eigenvalue weighted by molar-refractivity contribution is -0.122. The first kappa shape index (κ1) is 18.7. The number of amides is 1. The molecule has 1 amide bonds.